The van der Waals surface area contributed by atoms with Gasteiger partial charge in [-0.15, -0.1) is 0 Å². The summed E-state index contributed by atoms with van der Waals surface area (Å²) in [4.78, 5) is 28.6. The average molecular weight is 400 g/mol. The molecule has 0 unspecified atom stereocenters. The van der Waals surface area contributed by atoms with Gasteiger partial charge in [0.1, 0.15) is 0 Å². The molecular weight excluding hydrogens is 382 g/mol. The lowest BCUT2D eigenvalue weighted by Crippen LogP contribution is -2.41. The Hall–Kier alpha value is -2.91. The normalized spacial score (nSPS) is 26.3. The Kier molecular flexibility index (Phi) is 3.40. The molecule has 0 saturated carbocycles. The van der Waals surface area contributed by atoms with Crippen molar-refractivity contribution in [3.63, 3.8) is 0 Å². The molecule has 1 saturated heterocycles. The lowest BCUT2D eigenvalue weighted by atomic mass is 9.55. The third kappa shape index (κ3) is 2.09. The van der Waals surface area contributed by atoms with E-state index in [1.165, 1.54) is 27.2 Å². The highest BCUT2D eigenvalue weighted by molar-refractivity contribution is 6.32. The van der Waals surface area contributed by atoms with Crippen LogP contribution in [-0.4, -0.2) is 11.8 Å². The van der Waals surface area contributed by atoms with Crippen LogP contribution in [0.15, 0.2) is 66.7 Å². The highest BCUT2D eigenvalue weighted by atomic mass is 35.5. The smallest absolute Gasteiger partial charge is 0.238 e. The van der Waals surface area contributed by atoms with Gasteiger partial charge in [-0.05, 0) is 46.9 Å². The zero-order chi connectivity index (χ0) is 19.9. The van der Waals surface area contributed by atoms with Crippen molar-refractivity contribution >= 4 is 29.1 Å². The average Bonchev–Trinajstić information content (AvgIpc) is 3.01. The van der Waals surface area contributed by atoms with Crippen LogP contribution < -0.4 is 4.90 Å². The maximum atomic E-state index is 13.6. The van der Waals surface area contributed by atoms with Crippen molar-refractivity contribution in [3.05, 3.63) is 99.6 Å². The van der Waals surface area contributed by atoms with E-state index in [9.17, 15) is 9.59 Å². The lowest BCUT2D eigenvalue weighted by molar-refractivity contribution is -0.122. The number of aryl methyl sites for hydroxylation is 1. The second-order valence-electron chi connectivity index (χ2n) is 8.21. The molecule has 2 amide bonds. The standard InChI is InChI=1S/C25H18ClNO2/c1-13-10-11-14(12-19(13)26)27-24(28)22-20-15-6-2-3-7-16(15)21(23(22)25(27)29)18-9-5-4-8-17(18)20/h2-12,20-23H,1H3/t20?,21?,22-,23-/m0/s1. The molecule has 2 atom stereocenters. The van der Waals surface area contributed by atoms with E-state index < -0.39 is 0 Å². The number of hydrogen-bond donors (Lipinski definition) is 0. The first-order valence-electron chi connectivity index (χ1n) is 9.89. The van der Waals surface area contributed by atoms with Crippen molar-refractivity contribution in [1.29, 1.82) is 0 Å². The minimum Gasteiger partial charge on any atom is -0.274 e. The molecule has 0 N–H and O–H groups in total. The molecule has 0 aromatic heterocycles. The summed E-state index contributed by atoms with van der Waals surface area (Å²) in [5.74, 6) is -1.12. The van der Waals surface area contributed by atoms with Crippen molar-refractivity contribution in [3.8, 4) is 0 Å². The number of imide groups is 1. The van der Waals surface area contributed by atoms with E-state index >= 15 is 0 Å². The topological polar surface area (TPSA) is 37.4 Å². The number of halogens is 1. The van der Waals surface area contributed by atoms with Crippen LogP contribution in [0, 0.1) is 18.8 Å². The molecule has 3 aromatic rings. The highest BCUT2D eigenvalue weighted by Gasteiger charge is 2.61. The fraction of sp³-hybridized carbons (Fsp3) is 0.200. The quantitative estimate of drug-likeness (QED) is 0.537. The predicted molar refractivity (Wildman–Crippen MR) is 112 cm³/mol. The molecule has 1 fully saturated rings. The minimum atomic E-state index is -0.364. The van der Waals surface area contributed by atoms with Crippen LogP contribution in [0.2, 0.25) is 5.02 Å². The number of benzene rings is 3. The van der Waals surface area contributed by atoms with Gasteiger partial charge < -0.3 is 0 Å². The molecule has 4 heteroatoms. The molecule has 3 aliphatic carbocycles. The van der Waals surface area contributed by atoms with E-state index in [1.54, 1.807) is 6.07 Å². The van der Waals surface area contributed by atoms with E-state index in [4.69, 9.17) is 11.6 Å². The van der Waals surface area contributed by atoms with E-state index in [-0.39, 0.29) is 35.5 Å². The Labute approximate surface area is 173 Å². The maximum absolute atomic E-state index is 13.6. The number of amides is 2. The predicted octanol–water partition coefficient (Wildman–Crippen LogP) is 5.05. The summed E-state index contributed by atoms with van der Waals surface area (Å²) in [6, 6.07) is 22.0. The van der Waals surface area contributed by atoms with Crippen LogP contribution in [-0.2, 0) is 9.59 Å². The van der Waals surface area contributed by atoms with E-state index in [2.05, 4.69) is 24.3 Å². The molecule has 2 bridgehead atoms. The fourth-order valence-corrected chi connectivity index (χ4v) is 5.83. The van der Waals surface area contributed by atoms with Gasteiger partial charge in [-0.25, -0.2) is 4.90 Å². The van der Waals surface area contributed by atoms with Crippen LogP contribution >= 0.6 is 11.6 Å². The van der Waals surface area contributed by atoms with E-state index in [0.717, 1.165) is 5.56 Å². The summed E-state index contributed by atoms with van der Waals surface area (Å²) in [6.45, 7) is 1.91. The molecular formula is C25H18ClNO2. The van der Waals surface area contributed by atoms with Gasteiger partial charge in [0.15, 0.2) is 0 Å². The van der Waals surface area contributed by atoms with Crippen molar-refractivity contribution in [2.24, 2.45) is 11.8 Å². The molecule has 29 heavy (non-hydrogen) atoms. The third-order valence-electron chi connectivity index (χ3n) is 6.86. The van der Waals surface area contributed by atoms with E-state index in [1.807, 2.05) is 43.3 Å². The molecule has 142 valence electrons. The Balaban J connectivity index is 1.56. The van der Waals surface area contributed by atoms with Crippen LogP contribution in [0.5, 0.6) is 0 Å². The number of nitrogens with zero attached hydrogens (tertiary/aromatic N) is 1. The summed E-state index contributed by atoms with van der Waals surface area (Å²) in [5.41, 5.74) is 6.22. The number of carbonyl (C=O) groups excluding carboxylic acids is 2. The second kappa shape index (κ2) is 5.80. The van der Waals surface area contributed by atoms with Gasteiger partial charge in [0.2, 0.25) is 11.8 Å². The van der Waals surface area contributed by atoms with Gasteiger partial charge in [-0.3, -0.25) is 9.59 Å². The first-order chi connectivity index (χ1) is 14.1. The number of rotatable bonds is 1. The van der Waals surface area contributed by atoms with Gasteiger partial charge in [0.25, 0.3) is 0 Å². The summed E-state index contributed by atoms with van der Waals surface area (Å²) < 4.78 is 0. The molecule has 3 nitrogen and oxygen atoms in total. The van der Waals surface area contributed by atoms with Crippen LogP contribution in [0.4, 0.5) is 5.69 Å². The zero-order valence-electron chi connectivity index (χ0n) is 15.8. The molecule has 0 radical (unpaired) electrons. The Morgan fingerprint density at radius 1 is 0.724 bits per heavy atom. The van der Waals surface area contributed by atoms with Crippen LogP contribution in [0.3, 0.4) is 0 Å². The molecule has 1 heterocycles. The van der Waals surface area contributed by atoms with Crippen LogP contribution in [0.25, 0.3) is 0 Å². The Morgan fingerprint density at radius 2 is 1.17 bits per heavy atom. The van der Waals surface area contributed by atoms with Crippen molar-refractivity contribution in [2.75, 3.05) is 4.90 Å². The summed E-state index contributed by atoms with van der Waals surface area (Å²) in [5, 5.41) is 0.563. The van der Waals surface area contributed by atoms with Gasteiger partial charge in [-0.2, -0.15) is 0 Å². The Morgan fingerprint density at radius 3 is 1.59 bits per heavy atom. The summed E-state index contributed by atoms with van der Waals surface area (Å²) in [7, 11) is 0. The van der Waals surface area contributed by atoms with Crippen molar-refractivity contribution in [1.82, 2.24) is 0 Å². The number of hydrogen-bond acceptors (Lipinski definition) is 2. The lowest BCUT2D eigenvalue weighted by Gasteiger charge is -2.45. The first kappa shape index (κ1) is 17.0. The number of carbonyl (C=O) groups is 2. The third-order valence-corrected chi connectivity index (χ3v) is 7.27. The van der Waals surface area contributed by atoms with Crippen molar-refractivity contribution < 1.29 is 9.59 Å². The maximum Gasteiger partial charge on any atom is 0.238 e. The zero-order valence-corrected chi connectivity index (χ0v) is 16.6. The fourth-order valence-electron chi connectivity index (χ4n) is 5.65. The molecule has 1 aliphatic heterocycles. The van der Waals surface area contributed by atoms with Crippen molar-refractivity contribution in [2.45, 2.75) is 18.8 Å². The van der Waals surface area contributed by atoms with Gasteiger partial charge in [0, 0.05) is 16.9 Å². The molecule has 7 rings (SSSR count). The van der Waals surface area contributed by atoms with Gasteiger partial charge in [0.05, 0.1) is 17.5 Å². The summed E-state index contributed by atoms with van der Waals surface area (Å²) >= 11 is 6.31. The Bertz CT molecular complexity index is 1100. The first-order valence-corrected chi connectivity index (χ1v) is 10.3. The highest BCUT2D eigenvalue weighted by Crippen LogP contribution is 2.61. The number of anilines is 1. The SMILES string of the molecule is Cc1ccc(N2C(=O)[C@H]3C4c5ccccc5C(c5ccccc54)[C@@H]3C2=O)cc1Cl. The van der Waals surface area contributed by atoms with Gasteiger partial charge >= 0.3 is 0 Å². The monoisotopic (exact) mass is 399 g/mol. The van der Waals surface area contributed by atoms with E-state index in [0.29, 0.717) is 10.7 Å². The van der Waals surface area contributed by atoms with Crippen LogP contribution in [0.1, 0.15) is 39.7 Å². The molecule has 3 aromatic carbocycles. The summed E-state index contributed by atoms with van der Waals surface area (Å²) in [6.07, 6.45) is 0. The van der Waals surface area contributed by atoms with Gasteiger partial charge in [-0.1, -0.05) is 66.2 Å². The second-order valence-corrected chi connectivity index (χ2v) is 8.62. The molecule has 4 aliphatic rings. The minimum absolute atomic E-state index is 0.0835. The largest absolute Gasteiger partial charge is 0.274 e. The molecule has 0 spiro atoms.